The third kappa shape index (κ3) is 5.48. The molecular formula is C20H29FN2O4. The van der Waals surface area contributed by atoms with Gasteiger partial charge in [0.05, 0.1) is 37.9 Å². The van der Waals surface area contributed by atoms with Gasteiger partial charge in [-0.15, -0.1) is 0 Å². The second-order valence-electron chi connectivity index (χ2n) is 7.31. The average Bonchev–Trinajstić information content (AvgIpc) is 2.62. The summed E-state index contributed by atoms with van der Waals surface area (Å²) < 4.78 is 25.9. The molecule has 3 rings (SSSR count). The summed E-state index contributed by atoms with van der Waals surface area (Å²) in [5, 5.41) is 13.0. The molecule has 0 bridgehead atoms. The number of amides is 1. The minimum atomic E-state index is -0.620. The molecule has 0 radical (unpaired) electrons. The van der Waals surface area contributed by atoms with Crippen LogP contribution in [0.2, 0.25) is 0 Å². The van der Waals surface area contributed by atoms with Crippen LogP contribution in [0.15, 0.2) is 24.3 Å². The van der Waals surface area contributed by atoms with Gasteiger partial charge in [-0.25, -0.2) is 4.39 Å². The summed E-state index contributed by atoms with van der Waals surface area (Å²) in [5.41, 5.74) is 0.606. The van der Waals surface area contributed by atoms with Crippen molar-refractivity contribution >= 4 is 5.91 Å². The maximum Gasteiger partial charge on any atom is 0.222 e. The number of aliphatic hydroxyl groups excluding tert-OH is 1. The normalized spacial score (nSPS) is 29.4. The summed E-state index contributed by atoms with van der Waals surface area (Å²) in [6, 6.07) is 6.74. The lowest BCUT2D eigenvalue weighted by Crippen LogP contribution is -2.55. The van der Waals surface area contributed by atoms with Crippen molar-refractivity contribution in [1.82, 2.24) is 10.2 Å². The van der Waals surface area contributed by atoms with E-state index in [1.165, 1.54) is 6.07 Å². The number of hydrogen-bond donors (Lipinski definition) is 2. The number of rotatable bonds is 5. The number of hydrogen-bond acceptors (Lipinski definition) is 5. The van der Waals surface area contributed by atoms with Gasteiger partial charge >= 0.3 is 0 Å². The van der Waals surface area contributed by atoms with Gasteiger partial charge in [-0.1, -0.05) is 18.2 Å². The Morgan fingerprint density at radius 1 is 1.33 bits per heavy atom. The molecule has 0 aliphatic carbocycles. The van der Waals surface area contributed by atoms with Crippen LogP contribution in [-0.4, -0.2) is 66.6 Å². The number of nitrogens with one attached hydrogen (secondary N) is 1. The highest BCUT2D eigenvalue weighted by molar-refractivity contribution is 5.76. The lowest BCUT2D eigenvalue weighted by molar-refractivity contribution is -0.158. The molecule has 6 nitrogen and oxygen atoms in total. The van der Waals surface area contributed by atoms with Crippen molar-refractivity contribution in [2.24, 2.45) is 0 Å². The number of ether oxygens (including phenoxy) is 2. The molecule has 1 aromatic rings. The number of carbonyl (C=O) groups is 1. The van der Waals surface area contributed by atoms with Gasteiger partial charge in [0, 0.05) is 31.2 Å². The summed E-state index contributed by atoms with van der Waals surface area (Å²) >= 11 is 0. The van der Waals surface area contributed by atoms with Gasteiger partial charge in [0.1, 0.15) is 5.82 Å². The standard InChI is InChI=1S/C20H29FN2O4/c1-2-22-20(25)9-16-7-8-18-19(27-16)13-26-12-15(24)11-23(18)10-14-5-3-4-6-17(14)21/h3-6,15-16,18-19,24H,2,7-13H2,1H3,(H,22,25)/t15-,16+,18+,19-/m1/s1. The molecule has 27 heavy (non-hydrogen) atoms. The first-order valence-electron chi connectivity index (χ1n) is 9.72. The monoisotopic (exact) mass is 380 g/mol. The fourth-order valence-electron chi connectivity index (χ4n) is 3.95. The van der Waals surface area contributed by atoms with E-state index in [9.17, 15) is 14.3 Å². The van der Waals surface area contributed by atoms with E-state index in [0.29, 0.717) is 38.2 Å². The average molecular weight is 380 g/mol. The van der Waals surface area contributed by atoms with Crippen LogP contribution in [0.4, 0.5) is 4.39 Å². The first kappa shape index (κ1) is 20.2. The molecule has 1 aromatic carbocycles. The van der Waals surface area contributed by atoms with Gasteiger partial charge in [0.15, 0.2) is 0 Å². The van der Waals surface area contributed by atoms with Crippen LogP contribution in [0.5, 0.6) is 0 Å². The SMILES string of the molecule is CCNC(=O)C[C@@H]1CC[C@H]2[C@@H](COC[C@H](O)CN2Cc2ccccc2F)O1. The van der Waals surface area contributed by atoms with Crippen LogP contribution in [0.25, 0.3) is 0 Å². The van der Waals surface area contributed by atoms with E-state index in [0.717, 1.165) is 12.8 Å². The number of benzene rings is 1. The first-order chi connectivity index (χ1) is 13.1. The summed E-state index contributed by atoms with van der Waals surface area (Å²) in [6.07, 6.45) is 0.957. The zero-order valence-corrected chi connectivity index (χ0v) is 15.8. The minimum Gasteiger partial charge on any atom is -0.389 e. The zero-order chi connectivity index (χ0) is 19.2. The molecule has 1 amide bonds. The third-order valence-electron chi connectivity index (χ3n) is 5.21. The van der Waals surface area contributed by atoms with E-state index in [-0.39, 0.29) is 36.6 Å². The molecule has 2 N–H and O–H groups in total. The van der Waals surface area contributed by atoms with E-state index in [1.807, 2.05) is 13.0 Å². The largest absolute Gasteiger partial charge is 0.389 e. The fraction of sp³-hybridized carbons (Fsp3) is 0.650. The second-order valence-corrected chi connectivity index (χ2v) is 7.31. The van der Waals surface area contributed by atoms with Crippen LogP contribution in [0.1, 0.15) is 31.7 Å². The fourth-order valence-corrected chi connectivity index (χ4v) is 3.95. The van der Waals surface area contributed by atoms with Crippen LogP contribution < -0.4 is 5.32 Å². The van der Waals surface area contributed by atoms with E-state index in [2.05, 4.69) is 10.2 Å². The van der Waals surface area contributed by atoms with Crippen molar-refractivity contribution in [1.29, 1.82) is 0 Å². The minimum absolute atomic E-state index is 0.00801. The van der Waals surface area contributed by atoms with Crippen molar-refractivity contribution in [3.8, 4) is 0 Å². The van der Waals surface area contributed by atoms with Crippen molar-refractivity contribution in [3.63, 3.8) is 0 Å². The molecule has 150 valence electrons. The number of β-amino-alcohol motifs (C(OH)–C–C–N with tert-alkyl or cyclic N) is 1. The number of aliphatic hydroxyl groups is 1. The molecule has 2 fully saturated rings. The molecule has 2 heterocycles. The predicted molar refractivity (Wildman–Crippen MR) is 98.6 cm³/mol. The molecule has 4 atom stereocenters. The third-order valence-corrected chi connectivity index (χ3v) is 5.21. The van der Waals surface area contributed by atoms with Gasteiger partial charge in [-0.05, 0) is 25.8 Å². The molecule has 2 aliphatic heterocycles. The quantitative estimate of drug-likeness (QED) is 0.809. The van der Waals surface area contributed by atoms with E-state index in [1.54, 1.807) is 12.1 Å². The summed E-state index contributed by atoms with van der Waals surface area (Å²) in [5.74, 6) is -0.251. The summed E-state index contributed by atoms with van der Waals surface area (Å²) in [6.45, 7) is 3.90. The van der Waals surface area contributed by atoms with Crippen LogP contribution in [-0.2, 0) is 20.8 Å². The molecule has 7 heteroatoms. The molecule has 0 spiro atoms. The molecule has 0 unspecified atom stereocenters. The Labute approximate surface area is 159 Å². The smallest absolute Gasteiger partial charge is 0.222 e. The van der Waals surface area contributed by atoms with Crippen LogP contribution >= 0.6 is 0 Å². The second kappa shape index (κ2) is 9.59. The molecular weight excluding hydrogens is 351 g/mol. The molecule has 0 saturated carbocycles. The van der Waals surface area contributed by atoms with Gasteiger partial charge < -0.3 is 19.9 Å². The molecule has 2 saturated heterocycles. The summed E-state index contributed by atoms with van der Waals surface area (Å²) in [4.78, 5) is 14.0. The van der Waals surface area contributed by atoms with E-state index >= 15 is 0 Å². The van der Waals surface area contributed by atoms with Gasteiger partial charge in [-0.2, -0.15) is 0 Å². The highest BCUT2D eigenvalue weighted by Gasteiger charge is 2.38. The highest BCUT2D eigenvalue weighted by Crippen LogP contribution is 2.29. The Bertz CT molecular complexity index is 630. The molecule has 2 aliphatic rings. The van der Waals surface area contributed by atoms with Gasteiger partial charge in [0.25, 0.3) is 0 Å². The van der Waals surface area contributed by atoms with Crippen molar-refractivity contribution in [2.75, 3.05) is 26.3 Å². The lowest BCUT2D eigenvalue weighted by atomic mass is 9.94. The van der Waals surface area contributed by atoms with E-state index < -0.39 is 6.10 Å². The topological polar surface area (TPSA) is 71.0 Å². The lowest BCUT2D eigenvalue weighted by Gasteiger charge is -2.44. The van der Waals surface area contributed by atoms with Crippen LogP contribution in [0, 0.1) is 5.82 Å². The number of carbonyl (C=O) groups excluding carboxylic acids is 1. The van der Waals surface area contributed by atoms with Crippen LogP contribution in [0.3, 0.4) is 0 Å². The summed E-state index contributed by atoms with van der Waals surface area (Å²) in [7, 11) is 0. The Balaban J connectivity index is 1.70. The van der Waals surface area contributed by atoms with Gasteiger partial charge in [-0.3, -0.25) is 9.69 Å². The first-order valence-corrected chi connectivity index (χ1v) is 9.72. The van der Waals surface area contributed by atoms with Crippen molar-refractivity contribution in [2.45, 2.75) is 57.1 Å². The predicted octanol–water partition coefficient (Wildman–Crippen LogP) is 1.46. The van der Waals surface area contributed by atoms with E-state index in [4.69, 9.17) is 9.47 Å². The Morgan fingerprint density at radius 2 is 2.15 bits per heavy atom. The maximum atomic E-state index is 14.1. The van der Waals surface area contributed by atoms with Crippen molar-refractivity contribution < 1.29 is 23.8 Å². The highest BCUT2D eigenvalue weighted by atomic mass is 19.1. The Morgan fingerprint density at radius 3 is 2.93 bits per heavy atom. The Hall–Kier alpha value is -1.54. The van der Waals surface area contributed by atoms with Crippen molar-refractivity contribution in [3.05, 3.63) is 35.6 Å². The zero-order valence-electron chi connectivity index (χ0n) is 15.8. The molecule has 0 aromatic heterocycles. The number of nitrogens with zero attached hydrogens (tertiary/aromatic N) is 1. The number of fused-ring (bicyclic) bond motifs is 1. The number of halogens is 1. The maximum absolute atomic E-state index is 14.1. The Kier molecular flexibility index (Phi) is 7.18. The van der Waals surface area contributed by atoms with Gasteiger partial charge in [0.2, 0.25) is 5.91 Å².